The van der Waals surface area contributed by atoms with Crippen molar-refractivity contribution in [1.29, 1.82) is 0 Å². The molecule has 1 aromatic heterocycles. The molecule has 0 saturated carbocycles. The molecule has 0 fully saturated rings. The van der Waals surface area contributed by atoms with Gasteiger partial charge in [-0.3, -0.25) is 4.79 Å². The number of H-pyrrole nitrogens is 1. The van der Waals surface area contributed by atoms with Crippen molar-refractivity contribution in [1.82, 2.24) is 10.4 Å². The van der Waals surface area contributed by atoms with E-state index in [0.29, 0.717) is 5.69 Å². The van der Waals surface area contributed by atoms with Gasteiger partial charge in [0.25, 0.3) is 0 Å². The molecule has 3 rings (SSSR count). The molecule has 3 aromatic rings. The molecule has 5 nitrogen and oxygen atoms in total. The van der Waals surface area contributed by atoms with Gasteiger partial charge in [-0.2, -0.15) is 5.10 Å². The topological polar surface area (TPSA) is 83.3 Å². The van der Waals surface area contributed by atoms with Gasteiger partial charge in [0.1, 0.15) is 0 Å². The molecule has 0 radical (unpaired) electrons. The van der Waals surface area contributed by atoms with Crippen LogP contribution in [0.3, 0.4) is 0 Å². The van der Waals surface area contributed by atoms with Crippen LogP contribution in [-0.2, 0) is 11.2 Å². The number of aromatic amines is 1. The number of hydrogen-bond acceptors (Lipinski definition) is 3. The van der Waals surface area contributed by atoms with Gasteiger partial charge in [-0.05, 0) is 30.7 Å². The summed E-state index contributed by atoms with van der Waals surface area (Å²) in [5.74, 6) is -0.163. The zero-order valence-electron chi connectivity index (χ0n) is 12.8. The Morgan fingerprint density at radius 3 is 2.74 bits per heavy atom. The van der Waals surface area contributed by atoms with Crippen LogP contribution in [-0.4, -0.2) is 17.1 Å². The Kier molecular flexibility index (Phi) is 4.10. The van der Waals surface area contributed by atoms with E-state index in [2.05, 4.69) is 15.5 Å². The minimum Gasteiger partial charge on any atom is -0.399 e. The monoisotopic (exact) mass is 306 g/mol. The fraction of sp³-hybridized carbons (Fsp3) is 0.111. The maximum Gasteiger partial charge on any atom is 0.244 e. The highest BCUT2D eigenvalue weighted by Gasteiger charge is 2.06. The first-order valence-electron chi connectivity index (χ1n) is 7.37. The number of nitrogens with two attached hydrogens (primary N) is 1. The van der Waals surface area contributed by atoms with E-state index in [4.69, 9.17) is 5.73 Å². The number of nitrogens with one attached hydrogen (secondary N) is 2. The third-order valence-corrected chi connectivity index (χ3v) is 3.67. The fourth-order valence-electron chi connectivity index (χ4n) is 2.49. The van der Waals surface area contributed by atoms with Gasteiger partial charge in [0, 0.05) is 27.8 Å². The second kappa shape index (κ2) is 6.36. The second-order valence-corrected chi connectivity index (χ2v) is 5.42. The Morgan fingerprint density at radius 2 is 1.96 bits per heavy atom. The number of para-hydroxylation sites is 1. The molecule has 0 aliphatic carbocycles. The summed E-state index contributed by atoms with van der Waals surface area (Å²) >= 11 is 0. The van der Waals surface area contributed by atoms with Gasteiger partial charge in [-0.1, -0.05) is 30.3 Å². The largest absolute Gasteiger partial charge is 0.399 e. The normalized spacial score (nSPS) is 11.2. The minimum atomic E-state index is -0.163. The molecule has 1 heterocycles. The van der Waals surface area contributed by atoms with Crippen molar-refractivity contribution in [2.75, 3.05) is 5.73 Å². The lowest BCUT2D eigenvalue weighted by Crippen LogP contribution is -2.19. The Balaban J connectivity index is 1.67. The first-order chi connectivity index (χ1) is 11.1. The lowest BCUT2D eigenvalue weighted by Gasteiger charge is -2.01. The Morgan fingerprint density at radius 1 is 1.22 bits per heavy atom. The number of amides is 1. The maximum absolute atomic E-state index is 11.9. The summed E-state index contributed by atoms with van der Waals surface area (Å²) in [5, 5.41) is 5.15. The first kappa shape index (κ1) is 14.8. The predicted molar refractivity (Wildman–Crippen MR) is 93.3 cm³/mol. The quantitative estimate of drug-likeness (QED) is 0.393. The Bertz CT molecular complexity index is 862. The number of anilines is 1. The van der Waals surface area contributed by atoms with Crippen LogP contribution in [0.2, 0.25) is 0 Å². The molecule has 1 amide bonds. The molecule has 0 aliphatic heterocycles. The average Bonchev–Trinajstić information content (AvgIpc) is 2.86. The third kappa shape index (κ3) is 3.40. The van der Waals surface area contributed by atoms with Crippen LogP contribution in [0.25, 0.3) is 10.9 Å². The summed E-state index contributed by atoms with van der Waals surface area (Å²) in [6.45, 7) is 1.98. The van der Waals surface area contributed by atoms with Gasteiger partial charge in [-0.25, -0.2) is 5.43 Å². The van der Waals surface area contributed by atoms with Crippen molar-refractivity contribution in [2.45, 2.75) is 13.3 Å². The third-order valence-electron chi connectivity index (χ3n) is 3.67. The van der Waals surface area contributed by atoms with Gasteiger partial charge in [0.15, 0.2) is 0 Å². The molecular formula is C18H18N4O. The number of aryl methyl sites for hydroxylation is 1. The van der Waals surface area contributed by atoms with Gasteiger partial charge >= 0.3 is 0 Å². The van der Waals surface area contributed by atoms with E-state index in [9.17, 15) is 4.79 Å². The van der Waals surface area contributed by atoms with E-state index in [-0.39, 0.29) is 12.3 Å². The van der Waals surface area contributed by atoms with Crippen molar-refractivity contribution in [3.05, 3.63) is 65.4 Å². The van der Waals surface area contributed by atoms with E-state index < -0.39 is 0 Å². The number of rotatable bonds is 4. The molecule has 2 aromatic carbocycles. The van der Waals surface area contributed by atoms with Crippen LogP contribution in [0.15, 0.2) is 53.6 Å². The number of benzene rings is 2. The van der Waals surface area contributed by atoms with Crippen LogP contribution in [0.1, 0.15) is 16.8 Å². The van der Waals surface area contributed by atoms with E-state index in [1.54, 1.807) is 18.3 Å². The van der Waals surface area contributed by atoms with Crippen molar-refractivity contribution in [3.63, 3.8) is 0 Å². The zero-order valence-corrected chi connectivity index (χ0v) is 12.8. The van der Waals surface area contributed by atoms with Crippen molar-refractivity contribution >= 4 is 28.7 Å². The summed E-state index contributed by atoms with van der Waals surface area (Å²) in [4.78, 5) is 15.2. The number of hydrogen-bond donors (Lipinski definition) is 3. The molecule has 4 N–H and O–H groups in total. The van der Waals surface area contributed by atoms with Gasteiger partial charge in [0.2, 0.25) is 5.91 Å². The van der Waals surface area contributed by atoms with Crippen molar-refractivity contribution in [2.24, 2.45) is 5.10 Å². The van der Waals surface area contributed by atoms with Gasteiger partial charge in [0.05, 0.1) is 12.6 Å². The van der Waals surface area contributed by atoms with Gasteiger partial charge < -0.3 is 10.7 Å². The first-order valence-corrected chi connectivity index (χ1v) is 7.37. The summed E-state index contributed by atoms with van der Waals surface area (Å²) < 4.78 is 0. The molecule has 0 spiro atoms. The molecular weight excluding hydrogens is 288 g/mol. The highest BCUT2D eigenvalue weighted by Crippen LogP contribution is 2.19. The van der Waals surface area contributed by atoms with Crippen LogP contribution >= 0.6 is 0 Å². The number of carbonyl (C=O) groups excluding carboxylic acids is 1. The minimum absolute atomic E-state index is 0.163. The lowest BCUT2D eigenvalue weighted by atomic mass is 10.1. The molecule has 0 aliphatic rings. The van der Waals surface area contributed by atoms with E-state index in [1.165, 1.54) is 0 Å². The summed E-state index contributed by atoms with van der Waals surface area (Å²) in [6, 6.07) is 15.2. The van der Waals surface area contributed by atoms with Crippen molar-refractivity contribution in [3.8, 4) is 0 Å². The number of carbonyl (C=O) groups is 1. The fourth-order valence-corrected chi connectivity index (χ4v) is 2.49. The number of fused-ring (bicyclic) bond motifs is 1. The van der Waals surface area contributed by atoms with Crippen LogP contribution in [0.4, 0.5) is 5.69 Å². The van der Waals surface area contributed by atoms with Crippen LogP contribution in [0, 0.1) is 6.92 Å². The number of hydrazone groups is 1. The predicted octanol–water partition coefficient (Wildman–Crippen LogP) is 2.75. The molecule has 0 saturated heterocycles. The molecule has 0 atom stereocenters. The molecule has 5 heteroatoms. The Labute approximate surface area is 134 Å². The highest BCUT2D eigenvalue weighted by atomic mass is 16.2. The lowest BCUT2D eigenvalue weighted by molar-refractivity contribution is -0.120. The van der Waals surface area contributed by atoms with Crippen LogP contribution in [0.5, 0.6) is 0 Å². The molecule has 0 bridgehead atoms. The average molecular weight is 306 g/mol. The number of aromatic nitrogens is 1. The number of nitrogen functional groups attached to an aromatic ring is 1. The maximum atomic E-state index is 11.9. The van der Waals surface area contributed by atoms with E-state index in [1.807, 2.05) is 43.3 Å². The molecule has 0 unspecified atom stereocenters. The molecule has 116 valence electrons. The zero-order chi connectivity index (χ0) is 16.2. The highest BCUT2D eigenvalue weighted by molar-refractivity contribution is 6.00. The summed E-state index contributed by atoms with van der Waals surface area (Å²) in [6.07, 6.45) is 1.94. The summed E-state index contributed by atoms with van der Waals surface area (Å²) in [7, 11) is 0. The van der Waals surface area contributed by atoms with E-state index >= 15 is 0 Å². The number of nitrogens with zero attached hydrogens (tertiary/aromatic N) is 1. The van der Waals surface area contributed by atoms with E-state index in [0.717, 1.165) is 27.7 Å². The van der Waals surface area contributed by atoms with Crippen molar-refractivity contribution < 1.29 is 4.79 Å². The standard InChI is InChI=1S/C18H18N4O/c1-12-16(15-4-2-3-5-17(15)21-12)11-20-22-18(23)10-13-6-8-14(19)9-7-13/h2-9,11,21H,10,19H2,1H3,(H,22,23)/b20-11-. The Hall–Kier alpha value is -3.08. The second-order valence-electron chi connectivity index (χ2n) is 5.42. The van der Waals surface area contributed by atoms with Crippen LogP contribution < -0.4 is 11.2 Å². The smallest absolute Gasteiger partial charge is 0.244 e. The summed E-state index contributed by atoms with van der Waals surface area (Å²) in [5.41, 5.74) is 12.8. The SMILES string of the molecule is Cc1[nH]c2ccccc2c1/C=N\NC(=O)Cc1ccc(N)cc1. The molecule has 23 heavy (non-hydrogen) atoms. The van der Waals surface area contributed by atoms with Gasteiger partial charge in [-0.15, -0.1) is 0 Å².